The number of imidazole rings is 1. The Kier molecular flexibility index (Phi) is 5.29. The lowest BCUT2D eigenvalue weighted by Crippen LogP contribution is -2.29. The highest BCUT2D eigenvalue weighted by Gasteiger charge is 2.28. The van der Waals surface area contributed by atoms with Gasteiger partial charge < -0.3 is 14.2 Å². The number of ether oxygens (including phenoxy) is 1. The number of hydrogen-bond acceptors (Lipinski definition) is 4. The van der Waals surface area contributed by atoms with Gasteiger partial charge in [-0.3, -0.25) is 9.78 Å². The van der Waals surface area contributed by atoms with Gasteiger partial charge >= 0.3 is 0 Å². The van der Waals surface area contributed by atoms with E-state index in [1.54, 1.807) is 23.4 Å². The Hall–Kier alpha value is -3.22. The van der Waals surface area contributed by atoms with Crippen LogP contribution < -0.4 is 4.74 Å². The maximum absolute atomic E-state index is 14.0. The van der Waals surface area contributed by atoms with Crippen LogP contribution >= 0.6 is 0 Å². The maximum Gasteiger partial charge on any atom is 0.253 e. The monoisotopic (exact) mass is 394 g/mol. The Balaban J connectivity index is 1.47. The third-order valence-electron chi connectivity index (χ3n) is 5.39. The molecule has 0 N–H and O–H groups in total. The van der Waals surface area contributed by atoms with Crippen LogP contribution in [0.1, 0.15) is 22.5 Å². The summed E-state index contributed by atoms with van der Waals surface area (Å²) >= 11 is 0. The zero-order chi connectivity index (χ0) is 20.4. The van der Waals surface area contributed by atoms with Crippen LogP contribution in [0.25, 0.3) is 11.4 Å². The number of carbonyl (C=O) groups is 1. The Morgan fingerprint density at radius 3 is 2.90 bits per heavy atom. The molecular formula is C22H23FN4O2. The zero-order valence-corrected chi connectivity index (χ0v) is 16.5. The van der Waals surface area contributed by atoms with Crippen LogP contribution in [0, 0.1) is 18.7 Å². The first-order chi connectivity index (χ1) is 14.1. The van der Waals surface area contributed by atoms with E-state index >= 15 is 0 Å². The second-order valence-electron chi connectivity index (χ2n) is 7.33. The van der Waals surface area contributed by atoms with E-state index in [0.717, 1.165) is 30.0 Å². The molecule has 0 saturated carbocycles. The fourth-order valence-electron chi connectivity index (χ4n) is 3.82. The molecule has 6 nitrogen and oxygen atoms in total. The Labute approximate surface area is 169 Å². The van der Waals surface area contributed by atoms with Gasteiger partial charge in [0.15, 0.2) is 11.6 Å². The number of methoxy groups -OCH3 is 1. The number of likely N-dealkylation sites (tertiary alicyclic amines) is 1. The number of halogens is 1. The maximum atomic E-state index is 14.0. The molecule has 1 atom stereocenters. The summed E-state index contributed by atoms with van der Waals surface area (Å²) in [4.78, 5) is 23.3. The van der Waals surface area contributed by atoms with Crippen LogP contribution in [0.5, 0.6) is 5.75 Å². The lowest BCUT2D eigenvalue weighted by atomic mass is 10.1. The third-order valence-corrected chi connectivity index (χ3v) is 5.39. The minimum atomic E-state index is -0.524. The van der Waals surface area contributed by atoms with Crippen molar-refractivity contribution in [3.05, 3.63) is 66.0 Å². The zero-order valence-electron chi connectivity index (χ0n) is 16.5. The standard InChI is InChI=1S/C22H23FN4O2/c1-15-11-25-21(18-4-3-8-24-12-18)27(15)14-16-7-9-26(13-16)22(28)17-5-6-20(29-2)19(23)10-17/h3-6,8,10-12,16H,7,9,13-14H2,1-2H3. The van der Waals surface area contributed by atoms with Gasteiger partial charge in [-0.05, 0) is 49.6 Å². The van der Waals surface area contributed by atoms with Crippen LogP contribution in [0.15, 0.2) is 48.9 Å². The number of aromatic nitrogens is 3. The minimum Gasteiger partial charge on any atom is -0.494 e. The minimum absolute atomic E-state index is 0.138. The van der Waals surface area contributed by atoms with Gasteiger partial charge in [0.1, 0.15) is 5.82 Å². The number of hydrogen-bond donors (Lipinski definition) is 0. The fourth-order valence-corrected chi connectivity index (χ4v) is 3.82. The molecule has 0 aliphatic carbocycles. The molecule has 150 valence electrons. The molecule has 0 spiro atoms. The summed E-state index contributed by atoms with van der Waals surface area (Å²) in [6, 6.07) is 8.24. The third kappa shape index (κ3) is 3.85. The summed E-state index contributed by atoms with van der Waals surface area (Å²) in [5, 5.41) is 0. The lowest BCUT2D eigenvalue weighted by Gasteiger charge is -2.18. The number of aryl methyl sites for hydroxylation is 1. The first-order valence-electron chi connectivity index (χ1n) is 9.62. The van der Waals surface area contributed by atoms with Crippen molar-refractivity contribution in [3.63, 3.8) is 0 Å². The molecule has 0 bridgehead atoms. The molecule has 1 aromatic carbocycles. The molecule has 2 aromatic heterocycles. The number of amides is 1. The van der Waals surface area contributed by atoms with Crippen molar-refractivity contribution < 1.29 is 13.9 Å². The van der Waals surface area contributed by atoms with Gasteiger partial charge in [-0.1, -0.05) is 0 Å². The fraction of sp³-hybridized carbons (Fsp3) is 0.318. The second kappa shape index (κ2) is 8.03. The summed E-state index contributed by atoms with van der Waals surface area (Å²) in [5.41, 5.74) is 2.39. The molecule has 1 fully saturated rings. The van der Waals surface area contributed by atoms with Crippen molar-refractivity contribution in [1.82, 2.24) is 19.4 Å². The summed E-state index contributed by atoms with van der Waals surface area (Å²) in [7, 11) is 1.41. The number of benzene rings is 1. The summed E-state index contributed by atoms with van der Waals surface area (Å²) in [6.07, 6.45) is 6.31. The highest BCUT2D eigenvalue weighted by atomic mass is 19.1. The topological polar surface area (TPSA) is 60.2 Å². The Bertz CT molecular complexity index is 1020. The van der Waals surface area contributed by atoms with Crippen LogP contribution in [-0.2, 0) is 6.54 Å². The highest BCUT2D eigenvalue weighted by Crippen LogP contribution is 2.26. The van der Waals surface area contributed by atoms with E-state index in [0.29, 0.717) is 24.6 Å². The van der Waals surface area contributed by atoms with Gasteiger partial charge in [0.05, 0.1) is 7.11 Å². The van der Waals surface area contributed by atoms with Crippen molar-refractivity contribution in [3.8, 4) is 17.1 Å². The molecule has 1 aliphatic rings. The first-order valence-corrected chi connectivity index (χ1v) is 9.62. The second-order valence-corrected chi connectivity index (χ2v) is 7.33. The molecule has 3 aromatic rings. The van der Waals surface area contributed by atoms with Crippen molar-refractivity contribution in [1.29, 1.82) is 0 Å². The number of rotatable bonds is 5. The average Bonchev–Trinajstić information content (AvgIpc) is 3.35. The van der Waals surface area contributed by atoms with E-state index in [-0.39, 0.29) is 11.7 Å². The molecule has 7 heteroatoms. The van der Waals surface area contributed by atoms with Crippen molar-refractivity contribution >= 4 is 5.91 Å². The normalized spacial score (nSPS) is 16.2. The molecular weight excluding hydrogens is 371 g/mol. The van der Waals surface area contributed by atoms with E-state index in [2.05, 4.69) is 14.5 Å². The van der Waals surface area contributed by atoms with Crippen molar-refractivity contribution in [2.24, 2.45) is 5.92 Å². The SMILES string of the molecule is COc1ccc(C(=O)N2CCC(Cn3c(C)cnc3-c3cccnc3)C2)cc1F. The molecule has 4 rings (SSSR count). The molecule has 3 heterocycles. The number of pyridine rings is 1. The van der Waals surface area contributed by atoms with Gasteiger partial charge in [-0.2, -0.15) is 0 Å². The smallest absolute Gasteiger partial charge is 0.253 e. The Morgan fingerprint density at radius 2 is 2.17 bits per heavy atom. The van der Waals surface area contributed by atoms with Crippen LogP contribution in [0.2, 0.25) is 0 Å². The molecule has 1 unspecified atom stereocenters. The molecule has 1 amide bonds. The van der Waals surface area contributed by atoms with Crippen LogP contribution in [-0.4, -0.2) is 45.5 Å². The van der Waals surface area contributed by atoms with E-state index in [4.69, 9.17) is 4.74 Å². The summed E-state index contributed by atoms with van der Waals surface area (Å²) in [5.74, 6) is 0.662. The predicted molar refractivity (Wildman–Crippen MR) is 107 cm³/mol. The number of nitrogens with zero attached hydrogens (tertiary/aromatic N) is 4. The van der Waals surface area contributed by atoms with Gasteiger partial charge in [0.2, 0.25) is 0 Å². The quantitative estimate of drug-likeness (QED) is 0.664. The van der Waals surface area contributed by atoms with Crippen LogP contribution in [0.4, 0.5) is 4.39 Å². The van der Waals surface area contributed by atoms with Gasteiger partial charge in [0, 0.05) is 55.0 Å². The van der Waals surface area contributed by atoms with Gasteiger partial charge in [-0.25, -0.2) is 9.37 Å². The lowest BCUT2D eigenvalue weighted by molar-refractivity contribution is 0.0785. The first kappa shape index (κ1) is 19.1. The van der Waals surface area contributed by atoms with Crippen molar-refractivity contribution in [2.75, 3.05) is 20.2 Å². The van der Waals surface area contributed by atoms with Gasteiger partial charge in [0.25, 0.3) is 5.91 Å². The van der Waals surface area contributed by atoms with E-state index in [1.807, 2.05) is 25.3 Å². The van der Waals surface area contributed by atoms with E-state index < -0.39 is 5.82 Å². The average molecular weight is 394 g/mol. The van der Waals surface area contributed by atoms with Crippen LogP contribution in [0.3, 0.4) is 0 Å². The molecule has 29 heavy (non-hydrogen) atoms. The summed E-state index contributed by atoms with van der Waals surface area (Å²) in [6.45, 7) is 4.10. The summed E-state index contributed by atoms with van der Waals surface area (Å²) < 4.78 is 21.1. The predicted octanol–water partition coefficient (Wildman–Crippen LogP) is 3.56. The molecule has 1 saturated heterocycles. The van der Waals surface area contributed by atoms with E-state index in [9.17, 15) is 9.18 Å². The highest BCUT2D eigenvalue weighted by molar-refractivity contribution is 5.94. The van der Waals surface area contributed by atoms with Gasteiger partial charge in [-0.15, -0.1) is 0 Å². The van der Waals surface area contributed by atoms with Crippen molar-refractivity contribution in [2.45, 2.75) is 19.9 Å². The number of carbonyl (C=O) groups excluding carboxylic acids is 1. The van der Waals surface area contributed by atoms with E-state index in [1.165, 1.54) is 19.2 Å². The largest absolute Gasteiger partial charge is 0.494 e. The Morgan fingerprint density at radius 1 is 1.31 bits per heavy atom. The molecule has 0 radical (unpaired) electrons. The molecule has 1 aliphatic heterocycles.